The van der Waals surface area contributed by atoms with E-state index < -0.39 is 71.8 Å². The number of hydrogen-bond donors (Lipinski definition) is 2. The molecule has 4 bridgehead atoms. The van der Waals surface area contributed by atoms with Crippen molar-refractivity contribution >= 4 is 17.7 Å². The molecule has 3 fully saturated rings. The second kappa shape index (κ2) is 19.2. The van der Waals surface area contributed by atoms with Gasteiger partial charge in [-0.15, -0.1) is 0 Å². The van der Waals surface area contributed by atoms with Crippen LogP contribution in [0.25, 0.3) is 0 Å². The highest BCUT2D eigenvalue weighted by atomic mass is 16.7. The number of nitrogens with zero attached hydrogens (tertiary/aromatic N) is 2. The predicted octanol–water partition coefficient (Wildman–Crippen LogP) is 5.78. The lowest BCUT2D eigenvalue weighted by atomic mass is 9.82. The highest BCUT2D eigenvalue weighted by Crippen LogP contribution is 2.40. The van der Waals surface area contributed by atoms with Crippen molar-refractivity contribution in [3.63, 3.8) is 0 Å². The van der Waals surface area contributed by atoms with Crippen LogP contribution in [0.5, 0.6) is 0 Å². The molecular formula is C43H66N2O11. The summed E-state index contributed by atoms with van der Waals surface area (Å²) in [6.07, 6.45) is 6.60. The lowest BCUT2D eigenvalue weighted by Gasteiger charge is -2.47. The number of esters is 1. The Morgan fingerprint density at radius 3 is 2.38 bits per heavy atom. The Balaban J connectivity index is 1.56. The summed E-state index contributed by atoms with van der Waals surface area (Å²) in [5.74, 6) is -5.70. The van der Waals surface area contributed by atoms with Crippen molar-refractivity contribution < 1.29 is 52.8 Å². The molecular weight excluding hydrogens is 720 g/mol. The van der Waals surface area contributed by atoms with Crippen LogP contribution < -0.4 is 0 Å². The van der Waals surface area contributed by atoms with Crippen molar-refractivity contribution in [3.05, 3.63) is 40.8 Å². The van der Waals surface area contributed by atoms with E-state index in [4.69, 9.17) is 28.2 Å². The molecule has 13 unspecified atom stereocenters. The maximum atomic E-state index is 14.4. The van der Waals surface area contributed by atoms with E-state index in [9.17, 15) is 24.6 Å². The predicted molar refractivity (Wildman–Crippen MR) is 207 cm³/mol. The topological polar surface area (TPSA) is 167 Å². The maximum absolute atomic E-state index is 14.4. The van der Waals surface area contributed by atoms with Gasteiger partial charge in [-0.2, -0.15) is 0 Å². The smallest absolute Gasteiger partial charge is 0.329 e. The first-order valence-corrected chi connectivity index (χ1v) is 20.7. The second-order valence-electron chi connectivity index (χ2n) is 17.0. The molecule has 2 saturated heterocycles. The maximum Gasteiger partial charge on any atom is 0.329 e. The average Bonchev–Trinajstić information content (AvgIpc) is 3.68. The van der Waals surface area contributed by atoms with E-state index in [1.807, 2.05) is 19.9 Å². The number of fused-ring (bicyclic) bond motifs is 5. The van der Waals surface area contributed by atoms with Crippen LogP contribution in [-0.4, -0.2) is 114 Å². The molecule has 13 nitrogen and oxygen atoms in total. The van der Waals surface area contributed by atoms with Crippen LogP contribution in [0.4, 0.5) is 0 Å². The Bertz CT molecular complexity index is 1570. The highest BCUT2D eigenvalue weighted by Gasteiger charge is 2.56. The summed E-state index contributed by atoms with van der Waals surface area (Å²) in [5.41, 5.74) is 2.74. The third-order valence-electron chi connectivity index (χ3n) is 12.8. The Morgan fingerprint density at radius 1 is 1.00 bits per heavy atom. The standard InChI is InChI=1S/C43H66N2O11/c1-10-30-18-24(2)17-25(3)19-36(52-8)39-37(53-9)21-27(5)43(50,55-39)40(47)41(48)45-16-12-11-13-32(45)42(49)54-38(28(6)34-23-31(30)44-56-34)26(4)20-29-14-15-33(46)35(22-29)51-7/h18,20,23,25,27-30,32-33,35-39,46,50H,10-17,19,21-22H2,1-9H3. The van der Waals surface area contributed by atoms with Crippen molar-refractivity contribution in [2.24, 2.45) is 17.8 Å². The number of carbonyl (C=O) groups is 3. The molecule has 2 N–H and O–H groups in total. The molecule has 1 aromatic heterocycles. The first kappa shape index (κ1) is 44.2. The number of ether oxygens (including phenoxy) is 5. The van der Waals surface area contributed by atoms with Gasteiger partial charge in [0.1, 0.15) is 24.0 Å². The van der Waals surface area contributed by atoms with Crippen LogP contribution in [0.2, 0.25) is 0 Å². The minimum absolute atomic E-state index is 0.0135. The molecule has 3 aliphatic heterocycles. The molecule has 314 valence electrons. The van der Waals surface area contributed by atoms with Gasteiger partial charge in [-0.3, -0.25) is 9.59 Å². The van der Waals surface area contributed by atoms with Gasteiger partial charge < -0.3 is 43.3 Å². The number of aliphatic hydroxyl groups excluding tert-OH is 1. The van der Waals surface area contributed by atoms with Gasteiger partial charge in [0.05, 0.1) is 36.0 Å². The van der Waals surface area contributed by atoms with E-state index in [1.165, 1.54) is 4.90 Å². The third-order valence-corrected chi connectivity index (χ3v) is 12.8. The number of carbonyl (C=O) groups excluding carboxylic acids is 3. The first-order valence-electron chi connectivity index (χ1n) is 20.7. The zero-order valence-electron chi connectivity index (χ0n) is 34.9. The summed E-state index contributed by atoms with van der Waals surface area (Å²) < 4.78 is 36.1. The molecule has 1 saturated carbocycles. The molecule has 13 atom stereocenters. The number of ketones is 1. The minimum Gasteiger partial charge on any atom is -0.456 e. The van der Waals surface area contributed by atoms with Gasteiger partial charge in [0.15, 0.2) is 0 Å². The zero-order chi connectivity index (χ0) is 40.9. The summed E-state index contributed by atoms with van der Waals surface area (Å²) in [7, 11) is 4.73. The SMILES string of the molecule is CCC1C=C(C)CC(C)CC(OC)C2OC(O)(C(=O)C(=O)N3CCCCC3C(=O)OC(C(C)=CC3CCC(O)C(OC)C3)C(C)c3cc1no3)C(C)CC2OC. The van der Waals surface area contributed by atoms with E-state index >= 15 is 0 Å². The van der Waals surface area contributed by atoms with E-state index in [0.29, 0.717) is 44.3 Å². The van der Waals surface area contributed by atoms with E-state index in [1.54, 1.807) is 28.3 Å². The van der Waals surface area contributed by atoms with Crippen molar-refractivity contribution in [1.29, 1.82) is 0 Å². The number of aromatic nitrogens is 1. The van der Waals surface area contributed by atoms with Gasteiger partial charge in [-0.1, -0.05) is 50.6 Å². The second-order valence-corrected chi connectivity index (χ2v) is 17.0. The normalized spacial score (nSPS) is 38.6. The van der Waals surface area contributed by atoms with Crippen LogP contribution in [0.3, 0.4) is 0 Å². The number of amides is 1. The largest absolute Gasteiger partial charge is 0.456 e. The van der Waals surface area contributed by atoms with E-state index in [0.717, 1.165) is 36.1 Å². The van der Waals surface area contributed by atoms with Crippen LogP contribution in [-0.2, 0) is 38.1 Å². The van der Waals surface area contributed by atoms with Crippen LogP contribution >= 0.6 is 0 Å². The molecule has 5 rings (SSSR count). The van der Waals surface area contributed by atoms with Crippen LogP contribution in [0.15, 0.2) is 33.9 Å². The van der Waals surface area contributed by atoms with Crippen molar-refractivity contribution in [2.75, 3.05) is 27.9 Å². The van der Waals surface area contributed by atoms with Crippen molar-refractivity contribution in [2.45, 2.75) is 166 Å². The summed E-state index contributed by atoms with van der Waals surface area (Å²) >= 11 is 0. The number of piperidine rings is 1. The fourth-order valence-corrected chi connectivity index (χ4v) is 9.44. The van der Waals surface area contributed by atoms with Crippen LogP contribution in [0, 0.1) is 17.8 Å². The number of methoxy groups -OCH3 is 3. The van der Waals surface area contributed by atoms with E-state index in [-0.39, 0.29) is 36.8 Å². The number of rotatable bonds is 6. The first-order chi connectivity index (χ1) is 26.6. The Hall–Kier alpha value is -2.94. The molecule has 4 heterocycles. The van der Waals surface area contributed by atoms with Gasteiger partial charge >= 0.3 is 5.97 Å². The minimum atomic E-state index is -2.46. The Kier molecular flexibility index (Phi) is 15.1. The molecule has 4 aliphatic rings. The third kappa shape index (κ3) is 9.67. The van der Waals surface area contributed by atoms with Gasteiger partial charge in [0, 0.05) is 45.8 Å². The monoisotopic (exact) mass is 786 g/mol. The molecule has 0 aromatic carbocycles. The highest BCUT2D eigenvalue weighted by molar-refractivity contribution is 6.39. The number of cyclic esters (lactones) is 1. The summed E-state index contributed by atoms with van der Waals surface area (Å²) in [6.45, 7) is 12.0. The van der Waals surface area contributed by atoms with Gasteiger partial charge in [-0.25, -0.2) is 4.79 Å². The summed E-state index contributed by atoms with van der Waals surface area (Å²) in [5, 5.41) is 27.0. The summed E-state index contributed by atoms with van der Waals surface area (Å²) in [4.78, 5) is 44.1. The van der Waals surface area contributed by atoms with Gasteiger partial charge in [0.25, 0.3) is 11.7 Å². The molecule has 0 radical (unpaired) electrons. The lowest BCUT2D eigenvalue weighted by Crippen LogP contribution is -2.64. The van der Waals surface area contributed by atoms with Crippen molar-refractivity contribution in [1.82, 2.24) is 10.1 Å². The van der Waals surface area contributed by atoms with Crippen molar-refractivity contribution in [3.8, 4) is 0 Å². The van der Waals surface area contributed by atoms with Gasteiger partial charge in [0.2, 0.25) is 5.79 Å². The molecule has 1 amide bonds. The average molecular weight is 787 g/mol. The molecule has 1 aliphatic carbocycles. The Morgan fingerprint density at radius 2 is 1.70 bits per heavy atom. The zero-order valence-corrected chi connectivity index (χ0v) is 34.9. The number of hydrogen-bond acceptors (Lipinski definition) is 12. The lowest BCUT2D eigenvalue weighted by molar-refractivity contribution is -0.302. The fraction of sp³-hybridized carbons (Fsp3) is 0.767. The molecule has 13 heteroatoms. The van der Waals surface area contributed by atoms with Gasteiger partial charge in [-0.05, 0) is 95.5 Å². The molecule has 56 heavy (non-hydrogen) atoms. The fourth-order valence-electron chi connectivity index (χ4n) is 9.44. The van der Waals surface area contributed by atoms with E-state index in [2.05, 4.69) is 38.1 Å². The number of aliphatic hydroxyl groups is 2. The Labute approximate surface area is 332 Å². The molecule has 1 aromatic rings. The molecule has 0 spiro atoms. The number of allylic oxidation sites excluding steroid dienone is 3. The number of Topliss-reactive ketones (excluding diaryl/α,β-unsaturated/α-hetero) is 1. The quantitative estimate of drug-likeness (QED) is 0.203. The van der Waals surface area contributed by atoms with Crippen LogP contribution in [0.1, 0.15) is 129 Å². The summed E-state index contributed by atoms with van der Waals surface area (Å²) in [6, 6.07) is 0.890.